The molecule has 18 heavy (non-hydrogen) atoms. The zero-order valence-corrected chi connectivity index (χ0v) is 11.7. The van der Waals surface area contributed by atoms with Crippen molar-refractivity contribution in [2.75, 3.05) is 0 Å². The van der Waals surface area contributed by atoms with Gasteiger partial charge in [-0.05, 0) is 43.9 Å². The number of halogens is 1. The lowest BCUT2D eigenvalue weighted by Crippen LogP contribution is -2.12. The van der Waals surface area contributed by atoms with Gasteiger partial charge in [0.25, 0.3) is 0 Å². The van der Waals surface area contributed by atoms with Crippen LogP contribution in [0.1, 0.15) is 35.1 Å². The lowest BCUT2D eigenvalue weighted by atomic mass is 9.95. The van der Waals surface area contributed by atoms with Crippen LogP contribution in [0, 0.1) is 0 Å². The first-order chi connectivity index (χ1) is 8.74. The largest absolute Gasteiger partial charge is 0.388 e. The molecule has 0 spiro atoms. The molecule has 0 fully saturated rings. The standard InChI is InChI=1S/C14H16ClNOS/c15-14-5-4-10(18-14)6-8-16-9-7-11-12(16)2-1-3-13(11)17/h4-5,7,9,13,17H,1-3,6,8H2. The van der Waals surface area contributed by atoms with Gasteiger partial charge in [-0.25, -0.2) is 0 Å². The monoisotopic (exact) mass is 281 g/mol. The number of aliphatic hydroxyl groups is 1. The fraction of sp³-hybridized carbons (Fsp3) is 0.429. The minimum atomic E-state index is -0.258. The van der Waals surface area contributed by atoms with E-state index in [2.05, 4.69) is 22.9 Å². The Morgan fingerprint density at radius 2 is 2.28 bits per heavy atom. The van der Waals surface area contributed by atoms with Gasteiger partial charge in [0.05, 0.1) is 10.4 Å². The first kappa shape index (κ1) is 12.3. The van der Waals surface area contributed by atoms with Crippen molar-refractivity contribution in [2.24, 2.45) is 0 Å². The summed E-state index contributed by atoms with van der Waals surface area (Å²) in [5.74, 6) is 0. The van der Waals surface area contributed by atoms with Crippen molar-refractivity contribution in [2.45, 2.75) is 38.3 Å². The highest BCUT2D eigenvalue weighted by atomic mass is 35.5. The molecule has 0 saturated carbocycles. The maximum Gasteiger partial charge on any atom is 0.0931 e. The Morgan fingerprint density at radius 1 is 1.39 bits per heavy atom. The Labute approximate surface area is 116 Å². The van der Waals surface area contributed by atoms with Gasteiger partial charge in [0.1, 0.15) is 0 Å². The molecule has 2 aromatic rings. The summed E-state index contributed by atoms with van der Waals surface area (Å²) >= 11 is 7.58. The molecule has 2 heterocycles. The normalized spacial score (nSPS) is 18.9. The number of fused-ring (bicyclic) bond motifs is 1. The van der Waals surface area contributed by atoms with E-state index in [1.165, 1.54) is 10.6 Å². The van der Waals surface area contributed by atoms with Gasteiger partial charge in [-0.15, -0.1) is 11.3 Å². The van der Waals surface area contributed by atoms with Crippen LogP contribution in [0.15, 0.2) is 24.4 Å². The molecule has 0 aromatic carbocycles. The lowest BCUT2D eigenvalue weighted by Gasteiger charge is -2.20. The highest BCUT2D eigenvalue weighted by molar-refractivity contribution is 7.16. The first-order valence-electron chi connectivity index (χ1n) is 6.34. The fourth-order valence-electron chi connectivity index (χ4n) is 2.66. The van der Waals surface area contributed by atoms with E-state index in [-0.39, 0.29) is 6.10 Å². The van der Waals surface area contributed by atoms with Gasteiger partial charge in [-0.3, -0.25) is 0 Å². The Hall–Kier alpha value is -0.770. The topological polar surface area (TPSA) is 25.2 Å². The summed E-state index contributed by atoms with van der Waals surface area (Å²) in [6, 6.07) is 6.12. The third-order valence-electron chi connectivity index (χ3n) is 3.59. The fourth-order valence-corrected chi connectivity index (χ4v) is 3.73. The second-order valence-electron chi connectivity index (χ2n) is 4.78. The Balaban J connectivity index is 1.73. The molecule has 0 radical (unpaired) electrons. The summed E-state index contributed by atoms with van der Waals surface area (Å²) in [6.45, 7) is 0.971. The predicted molar refractivity (Wildman–Crippen MR) is 75.4 cm³/mol. The van der Waals surface area contributed by atoms with E-state index in [9.17, 15) is 5.11 Å². The molecular weight excluding hydrogens is 266 g/mol. The molecule has 96 valence electrons. The highest BCUT2D eigenvalue weighted by Gasteiger charge is 2.20. The summed E-state index contributed by atoms with van der Waals surface area (Å²) in [6.07, 6.45) is 5.93. The van der Waals surface area contributed by atoms with E-state index in [1.54, 1.807) is 11.3 Å². The second-order valence-corrected chi connectivity index (χ2v) is 6.57. The molecule has 1 aliphatic rings. The van der Waals surface area contributed by atoms with Gasteiger partial charge in [-0.2, -0.15) is 0 Å². The zero-order chi connectivity index (χ0) is 12.5. The third kappa shape index (κ3) is 2.35. The Kier molecular flexibility index (Phi) is 3.46. The first-order valence-corrected chi connectivity index (χ1v) is 7.53. The van der Waals surface area contributed by atoms with Crippen molar-refractivity contribution in [1.29, 1.82) is 0 Å². The third-order valence-corrected chi connectivity index (χ3v) is 4.88. The molecule has 0 bridgehead atoms. The molecule has 0 saturated heterocycles. The average Bonchev–Trinajstić information content (AvgIpc) is 2.94. The number of thiophene rings is 1. The van der Waals surface area contributed by atoms with Crippen molar-refractivity contribution >= 4 is 22.9 Å². The van der Waals surface area contributed by atoms with Crippen LogP contribution in [0.3, 0.4) is 0 Å². The van der Waals surface area contributed by atoms with Gasteiger partial charge in [0.2, 0.25) is 0 Å². The molecule has 3 rings (SSSR count). The average molecular weight is 282 g/mol. The van der Waals surface area contributed by atoms with Crippen molar-refractivity contribution < 1.29 is 5.11 Å². The molecule has 4 heteroatoms. The molecule has 1 aliphatic carbocycles. The van der Waals surface area contributed by atoms with Crippen LogP contribution in [0.4, 0.5) is 0 Å². The van der Waals surface area contributed by atoms with Crippen molar-refractivity contribution in [3.63, 3.8) is 0 Å². The summed E-state index contributed by atoms with van der Waals surface area (Å²) in [5.41, 5.74) is 2.45. The summed E-state index contributed by atoms with van der Waals surface area (Å²) in [7, 11) is 0. The van der Waals surface area contributed by atoms with Crippen LogP contribution < -0.4 is 0 Å². The summed E-state index contributed by atoms with van der Waals surface area (Å²) in [4.78, 5) is 1.32. The molecule has 0 aliphatic heterocycles. The number of aliphatic hydroxyl groups excluding tert-OH is 1. The van der Waals surface area contributed by atoms with E-state index in [0.717, 1.165) is 42.1 Å². The minimum Gasteiger partial charge on any atom is -0.388 e. The number of rotatable bonds is 3. The molecular formula is C14H16ClNOS. The number of nitrogens with zero attached hydrogens (tertiary/aromatic N) is 1. The quantitative estimate of drug-likeness (QED) is 0.909. The summed E-state index contributed by atoms with van der Waals surface area (Å²) < 4.78 is 3.14. The van der Waals surface area contributed by atoms with Gasteiger partial charge >= 0.3 is 0 Å². The zero-order valence-electron chi connectivity index (χ0n) is 10.1. The van der Waals surface area contributed by atoms with Crippen LogP contribution >= 0.6 is 22.9 Å². The molecule has 0 amide bonds. The number of aryl methyl sites for hydroxylation is 2. The molecule has 2 nitrogen and oxygen atoms in total. The predicted octanol–water partition coefficient (Wildman–Crippen LogP) is 3.82. The smallest absolute Gasteiger partial charge is 0.0931 e. The van der Waals surface area contributed by atoms with E-state index in [4.69, 9.17) is 11.6 Å². The number of hydrogen-bond donors (Lipinski definition) is 1. The Morgan fingerprint density at radius 3 is 3.06 bits per heavy atom. The van der Waals surface area contributed by atoms with Crippen molar-refractivity contribution in [3.05, 3.63) is 44.9 Å². The number of hydrogen-bond acceptors (Lipinski definition) is 2. The van der Waals surface area contributed by atoms with Crippen molar-refractivity contribution in [1.82, 2.24) is 4.57 Å². The van der Waals surface area contributed by atoms with E-state index in [1.807, 2.05) is 6.07 Å². The second kappa shape index (κ2) is 5.08. The molecule has 1 N–H and O–H groups in total. The van der Waals surface area contributed by atoms with Gasteiger partial charge in [0, 0.05) is 28.9 Å². The van der Waals surface area contributed by atoms with Crippen LogP contribution in [-0.4, -0.2) is 9.67 Å². The van der Waals surface area contributed by atoms with Crippen LogP contribution in [-0.2, 0) is 19.4 Å². The maximum atomic E-state index is 9.93. The van der Waals surface area contributed by atoms with Crippen LogP contribution in [0.5, 0.6) is 0 Å². The van der Waals surface area contributed by atoms with Gasteiger partial charge in [-0.1, -0.05) is 11.6 Å². The van der Waals surface area contributed by atoms with E-state index in [0.29, 0.717) is 0 Å². The molecule has 1 unspecified atom stereocenters. The Bertz CT molecular complexity index is 546. The SMILES string of the molecule is OC1CCCc2c1ccn2CCc1ccc(Cl)s1. The maximum absolute atomic E-state index is 9.93. The van der Waals surface area contributed by atoms with E-state index < -0.39 is 0 Å². The van der Waals surface area contributed by atoms with Gasteiger partial charge in [0.15, 0.2) is 0 Å². The highest BCUT2D eigenvalue weighted by Crippen LogP contribution is 2.30. The van der Waals surface area contributed by atoms with Gasteiger partial charge < -0.3 is 9.67 Å². The van der Waals surface area contributed by atoms with Crippen LogP contribution in [0.25, 0.3) is 0 Å². The van der Waals surface area contributed by atoms with Crippen LogP contribution in [0.2, 0.25) is 4.34 Å². The molecule has 2 aromatic heterocycles. The lowest BCUT2D eigenvalue weighted by molar-refractivity contribution is 0.155. The molecule has 1 atom stereocenters. The van der Waals surface area contributed by atoms with Crippen molar-refractivity contribution in [3.8, 4) is 0 Å². The summed E-state index contributed by atoms with van der Waals surface area (Å²) in [5, 5.41) is 9.93. The minimum absolute atomic E-state index is 0.258. The number of aromatic nitrogens is 1. The van der Waals surface area contributed by atoms with E-state index >= 15 is 0 Å².